The van der Waals surface area contributed by atoms with E-state index in [0.29, 0.717) is 11.6 Å². The lowest BCUT2D eigenvalue weighted by atomic mass is 10.1. The molecule has 0 spiro atoms. The summed E-state index contributed by atoms with van der Waals surface area (Å²) in [5.41, 5.74) is 1.69. The third kappa shape index (κ3) is 3.17. The van der Waals surface area contributed by atoms with Crippen LogP contribution in [0.3, 0.4) is 0 Å². The van der Waals surface area contributed by atoms with Crippen LogP contribution in [0.4, 0.5) is 5.69 Å². The second-order valence-electron chi connectivity index (χ2n) is 4.55. The van der Waals surface area contributed by atoms with Crippen molar-refractivity contribution in [1.29, 1.82) is 5.26 Å². The van der Waals surface area contributed by atoms with Gasteiger partial charge in [-0.3, -0.25) is 0 Å². The summed E-state index contributed by atoms with van der Waals surface area (Å²) in [5, 5.41) is 11.4. The molecule has 1 aromatic heterocycles. The molecule has 2 aromatic rings. The van der Waals surface area contributed by atoms with Gasteiger partial charge in [0, 0.05) is 15.4 Å². The van der Waals surface area contributed by atoms with Crippen molar-refractivity contribution in [2.45, 2.75) is 26.4 Å². The second-order valence-corrected chi connectivity index (χ2v) is 6.43. The largest absolute Gasteiger partial charge is 0.363 e. The van der Waals surface area contributed by atoms with Gasteiger partial charge >= 0.3 is 0 Å². The molecule has 0 aliphatic rings. The SMILES string of the molecule is CC(C)N(Cc1cccs1)c1cccc(Br)c1C#N. The molecule has 2 rings (SSSR count). The average Bonchev–Trinajstić information content (AvgIpc) is 2.88. The summed E-state index contributed by atoms with van der Waals surface area (Å²) in [6.45, 7) is 5.13. The minimum atomic E-state index is 0.337. The average molecular weight is 335 g/mol. The molecule has 0 N–H and O–H groups in total. The lowest BCUT2D eigenvalue weighted by Gasteiger charge is -2.29. The molecular formula is C15H15BrN2S. The molecular weight excluding hydrogens is 320 g/mol. The van der Waals surface area contributed by atoms with Gasteiger partial charge in [0.25, 0.3) is 0 Å². The Bertz CT molecular complexity index is 585. The van der Waals surface area contributed by atoms with E-state index >= 15 is 0 Å². The Morgan fingerprint density at radius 1 is 1.32 bits per heavy atom. The van der Waals surface area contributed by atoms with Crippen molar-refractivity contribution in [1.82, 2.24) is 0 Å². The van der Waals surface area contributed by atoms with E-state index in [4.69, 9.17) is 0 Å². The summed E-state index contributed by atoms with van der Waals surface area (Å²) < 4.78 is 0.851. The first-order chi connectivity index (χ1) is 9.13. The molecule has 2 nitrogen and oxygen atoms in total. The topological polar surface area (TPSA) is 27.0 Å². The summed E-state index contributed by atoms with van der Waals surface area (Å²) in [6.07, 6.45) is 0. The van der Waals surface area contributed by atoms with Gasteiger partial charge in [-0.15, -0.1) is 11.3 Å². The fraction of sp³-hybridized carbons (Fsp3) is 0.267. The van der Waals surface area contributed by atoms with Crippen LogP contribution in [0.1, 0.15) is 24.3 Å². The third-order valence-electron chi connectivity index (χ3n) is 2.94. The van der Waals surface area contributed by atoms with Gasteiger partial charge < -0.3 is 4.90 Å². The molecule has 1 heterocycles. The summed E-state index contributed by atoms with van der Waals surface area (Å²) in [5.74, 6) is 0. The first-order valence-electron chi connectivity index (χ1n) is 6.11. The quantitative estimate of drug-likeness (QED) is 0.803. The van der Waals surface area contributed by atoms with E-state index in [0.717, 1.165) is 16.7 Å². The van der Waals surface area contributed by atoms with Gasteiger partial charge in [-0.25, -0.2) is 0 Å². The minimum Gasteiger partial charge on any atom is -0.363 e. The fourth-order valence-electron chi connectivity index (χ4n) is 1.98. The zero-order valence-electron chi connectivity index (χ0n) is 10.9. The zero-order chi connectivity index (χ0) is 13.8. The van der Waals surface area contributed by atoms with Crippen LogP contribution in [0.5, 0.6) is 0 Å². The first kappa shape index (κ1) is 14.1. The molecule has 19 heavy (non-hydrogen) atoms. The molecule has 0 aliphatic carbocycles. The van der Waals surface area contributed by atoms with Gasteiger partial charge in [0.2, 0.25) is 0 Å². The maximum absolute atomic E-state index is 9.35. The molecule has 4 heteroatoms. The lowest BCUT2D eigenvalue weighted by molar-refractivity contribution is 0.686. The third-order valence-corrected chi connectivity index (χ3v) is 4.46. The number of anilines is 1. The number of halogens is 1. The molecule has 0 fully saturated rings. The molecule has 0 bridgehead atoms. The number of nitrogens with zero attached hydrogens (tertiary/aromatic N) is 2. The highest BCUT2D eigenvalue weighted by Gasteiger charge is 2.17. The van der Waals surface area contributed by atoms with Crippen molar-refractivity contribution < 1.29 is 0 Å². The van der Waals surface area contributed by atoms with Crippen LogP contribution in [0, 0.1) is 11.3 Å². The first-order valence-corrected chi connectivity index (χ1v) is 7.78. The van der Waals surface area contributed by atoms with E-state index in [-0.39, 0.29) is 0 Å². The highest BCUT2D eigenvalue weighted by atomic mass is 79.9. The van der Waals surface area contributed by atoms with Crippen molar-refractivity contribution in [2.75, 3.05) is 4.90 Å². The maximum atomic E-state index is 9.35. The van der Waals surface area contributed by atoms with Crippen LogP contribution < -0.4 is 4.90 Å². The van der Waals surface area contributed by atoms with Crippen LogP contribution in [-0.2, 0) is 6.54 Å². The van der Waals surface area contributed by atoms with Crippen molar-refractivity contribution in [2.24, 2.45) is 0 Å². The number of hydrogen-bond donors (Lipinski definition) is 0. The van der Waals surface area contributed by atoms with Crippen molar-refractivity contribution in [3.63, 3.8) is 0 Å². The highest BCUT2D eigenvalue weighted by molar-refractivity contribution is 9.10. The molecule has 98 valence electrons. The number of rotatable bonds is 4. The predicted octanol–water partition coefficient (Wildman–Crippen LogP) is 4.80. The van der Waals surface area contributed by atoms with E-state index in [1.807, 2.05) is 18.2 Å². The van der Waals surface area contributed by atoms with Crippen LogP contribution >= 0.6 is 27.3 Å². The van der Waals surface area contributed by atoms with Crippen LogP contribution in [-0.4, -0.2) is 6.04 Å². The molecule has 0 saturated heterocycles. The Balaban J connectivity index is 2.40. The minimum absolute atomic E-state index is 0.337. The monoisotopic (exact) mass is 334 g/mol. The van der Waals surface area contributed by atoms with E-state index in [1.165, 1.54) is 4.88 Å². The molecule has 0 saturated carbocycles. The normalized spacial score (nSPS) is 10.5. The Morgan fingerprint density at radius 2 is 2.11 bits per heavy atom. The van der Waals surface area contributed by atoms with E-state index in [1.54, 1.807) is 11.3 Å². The van der Waals surface area contributed by atoms with Crippen LogP contribution in [0.15, 0.2) is 40.2 Å². The Labute approximate surface area is 126 Å². The number of benzene rings is 1. The predicted molar refractivity (Wildman–Crippen MR) is 84.5 cm³/mol. The lowest BCUT2D eigenvalue weighted by Crippen LogP contribution is -2.30. The molecule has 0 radical (unpaired) electrons. The Hall–Kier alpha value is -1.31. The fourth-order valence-corrected chi connectivity index (χ4v) is 3.13. The van der Waals surface area contributed by atoms with Gasteiger partial charge in [0.1, 0.15) is 6.07 Å². The van der Waals surface area contributed by atoms with Gasteiger partial charge in [-0.05, 0) is 53.4 Å². The molecule has 0 aliphatic heterocycles. The number of hydrogen-bond acceptors (Lipinski definition) is 3. The highest BCUT2D eigenvalue weighted by Crippen LogP contribution is 2.30. The number of nitriles is 1. The van der Waals surface area contributed by atoms with Crippen molar-refractivity contribution in [3.05, 3.63) is 50.6 Å². The summed E-state index contributed by atoms with van der Waals surface area (Å²) in [4.78, 5) is 3.56. The standard InChI is InChI=1S/C15H15BrN2S/c1-11(2)18(10-12-5-4-8-19-12)15-7-3-6-14(16)13(15)9-17/h3-8,11H,10H2,1-2H3. The van der Waals surface area contributed by atoms with Gasteiger partial charge in [0.15, 0.2) is 0 Å². The smallest absolute Gasteiger partial charge is 0.103 e. The van der Waals surface area contributed by atoms with Crippen molar-refractivity contribution in [3.8, 4) is 6.07 Å². The molecule has 0 amide bonds. The molecule has 1 aromatic carbocycles. The van der Waals surface area contributed by atoms with Crippen molar-refractivity contribution >= 4 is 33.0 Å². The van der Waals surface area contributed by atoms with Crippen LogP contribution in [0.25, 0.3) is 0 Å². The van der Waals surface area contributed by atoms with Gasteiger partial charge in [0.05, 0.1) is 17.8 Å². The molecule has 0 unspecified atom stereocenters. The Morgan fingerprint density at radius 3 is 2.68 bits per heavy atom. The molecule has 0 atom stereocenters. The maximum Gasteiger partial charge on any atom is 0.103 e. The van der Waals surface area contributed by atoms with Crippen LogP contribution in [0.2, 0.25) is 0 Å². The Kier molecular flexibility index (Phi) is 4.62. The van der Waals surface area contributed by atoms with E-state index in [9.17, 15) is 5.26 Å². The summed E-state index contributed by atoms with van der Waals surface area (Å²) in [6, 6.07) is 12.7. The summed E-state index contributed by atoms with van der Waals surface area (Å²) >= 11 is 5.20. The zero-order valence-corrected chi connectivity index (χ0v) is 13.3. The second kappa shape index (κ2) is 6.23. The van der Waals surface area contributed by atoms with Gasteiger partial charge in [-0.1, -0.05) is 12.1 Å². The number of thiophene rings is 1. The van der Waals surface area contributed by atoms with E-state index in [2.05, 4.69) is 58.3 Å². The van der Waals surface area contributed by atoms with Gasteiger partial charge in [-0.2, -0.15) is 5.26 Å². The summed E-state index contributed by atoms with van der Waals surface area (Å²) in [7, 11) is 0. The van der Waals surface area contributed by atoms with E-state index < -0.39 is 0 Å².